The molecule has 0 aliphatic heterocycles. The first-order chi connectivity index (χ1) is 14.4. The Labute approximate surface area is 189 Å². The number of hydrogen-bond donors (Lipinski definition) is 1. The molecule has 0 saturated heterocycles. The second-order valence-electron chi connectivity index (χ2n) is 6.57. The van der Waals surface area contributed by atoms with Crippen molar-refractivity contribution in [3.05, 3.63) is 92.9 Å². The van der Waals surface area contributed by atoms with Crippen molar-refractivity contribution in [1.29, 1.82) is 0 Å². The SMILES string of the molecule is Cc1cc(Br)ccc1NC(=O)c1nc(-c2ccc(Br)cc2)n(-c2ccc(F)cc2)n1. The molecule has 1 amide bonds. The molecular formula is C22H15Br2FN4O. The Hall–Kier alpha value is -2.84. The van der Waals surface area contributed by atoms with Crippen LogP contribution in [-0.4, -0.2) is 20.7 Å². The molecule has 150 valence electrons. The van der Waals surface area contributed by atoms with E-state index in [0.717, 1.165) is 20.1 Å². The molecular weight excluding hydrogens is 515 g/mol. The molecule has 0 fully saturated rings. The number of nitrogens with one attached hydrogen (secondary N) is 1. The van der Waals surface area contributed by atoms with E-state index in [0.29, 0.717) is 17.2 Å². The minimum absolute atomic E-state index is 0.0135. The molecule has 8 heteroatoms. The lowest BCUT2D eigenvalue weighted by molar-refractivity contribution is 0.101. The summed E-state index contributed by atoms with van der Waals surface area (Å²) in [6.45, 7) is 1.90. The van der Waals surface area contributed by atoms with E-state index in [9.17, 15) is 9.18 Å². The molecule has 0 radical (unpaired) electrons. The molecule has 4 rings (SSSR count). The molecule has 0 aliphatic rings. The molecule has 0 spiro atoms. The van der Waals surface area contributed by atoms with E-state index in [1.54, 1.807) is 12.1 Å². The molecule has 0 bridgehead atoms. The predicted molar refractivity (Wildman–Crippen MR) is 121 cm³/mol. The number of aromatic nitrogens is 3. The number of aryl methyl sites for hydroxylation is 1. The zero-order chi connectivity index (χ0) is 21.3. The first-order valence-corrected chi connectivity index (χ1v) is 10.6. The molecule has 1 N–H and O–H groups in total. The predicted octanol–water partition coefficient (Wildman–Crippen LogP) is 6.16. The van der Waals surface area contributed by atoms with Gasteiger partial charge in [-0.3, -0.25) is 4.79 Å². The number of anilines is 1. The van der Waals surface area contributed by atoms with Crippen molar-refractivity contribution in [2.45, 2.75) is 6.92 Å². The summed E-state index contributed by atoms with van der Waals surface area (Å²) in [5.74, 6) is -0.293. The molecule has 0 unspecified atom stereocenters. The Morgan fingerprint density at radius 1 is 0.967 bits per heavy atom. The fourth-order valence-corrected chi connectivity index (χ4v) is 3.64. The molecule has 0 aliphatic carbocycles. The summed E-state index contributed by atoms with van der Waals surface area (Å²) in [4.78, 5) is 17.3. The molecule has 1 heterocycles. The van der Waals surface area contributed by atoms with Gasteiger partial charge >= 0.3 is 0 Å². The topological polar surface area (TPSA) is 59.8 Å². The van der Waals surface area contributed by atoms with Gasteiger partial charge in [0.2, 0.25) is 5.82 Å². The average Bonchev–Trinajstić information content (AvgIpc) is 3.17. The number of halogens is 3. The molecule has 5 nitrogen and oxygen atoms in total. The van der Waals surface area contributed by atoms with Crippen LogP contribution in [0.4, 0.5) is 10.1 Å². The number of benzene rings is 3. The van der Waals surface area contributed by atoms with Gasteiger partial charge in [-0.15, -0.1) is 5.10 Å². The van der Waals surface area contributed by atoms with Crippen LogP contribution in [0.2, 0.25) is 0 Å². The van der Waals surface area contributed by atoms with Crippen molar-refractivity contribution in [2.24, 2.45) is 0 Å². The summed E-state index contributed by atoms with van der Waals surface area (Å²) >= 11 is 6.83. The van der Waals surface area contributed by atoms with E-state index in [2.05, 4.69) is 47.3 Å². The zero-order valence-electron chi connectivity index (χ0n) is 15.7. The Kier molecular flexibility index (Phi) is 5.78. The molecule has 3 aromatic carbocycles. The van der Waals surface area contributed by atoms with Crippen molar-refractivity contribution in [3.63, 3.8) is 0 Å². The Balaban J connectivity index is 1.75. The zero-order valence-corrected chi connectivity index (χ0v) is 18.9. The van der Waals surface area contributed by atoms with Crippen LogP contribution in [0.25, 0.3) is 17.1 Å². The fourth-order valence-electron chi connectivity index (χ4n) is 2.90. The van der Waals surface area contributed by atoms with Gasteiger partial charge in [0.15, 0.2) is 5.82 Å². The summed E-state index contributed by atoms with van der Waals surface area (Å²) < 4.78 is 16.8. The quantitative estimate of drug-likeness (QED) is 0.344. The van der Waals surface area contributed by atoms with Crippen LogP contribution >= 0.6 is 31.9 Å². The van der Waals surface area contributed by atoms with Gasteiger partial charge in [0.1, 0.15) is 5.82 Å². The van der Waals surface area contributed by atoms with Crippen LogP contribution in [-0.2, 0) is 0 Å². The first-order valence-electron chi connectivity index (χ1n) is 8.97. The minimum Gasteiger partial charge on any atom is -0.319 e. The third kappa shape index (κ3) is 4.34. The minimum atomic E-state index is -0.431. The standard InChI is InChI=1S/C22H15Br2FN4O/c1-13-12-16(24)6-11-19(13)26-22(30)20-27-21(14-2-4-15(23)5-3-14)29(28-20)18-9-7-17(25)8-10-18/h2-12H,1H3,(H,26,30). The molecule has 30 heavy (non-hydrogen) atoms. The van der Waals surface area contributed by atoms with E-state index in [1.807, 2.05) is 49.4 Å². The fraction of sp³-hybridized carbons (Fsp3) is 0.0455. The van der Waals surface area contributed by atoms with Crippen LogP contribution < -0.4 is 5.32 Å². The van der Waals surface area contributed by atoms with Crippen LogP contribution in [0.15, 0.2) is 75.7 Å². The van der Waals surface area contributed by atoms with Crippen molar-refractivity contribution in [3.8, 4) is 17.1 Å². The highest BCUT2D eigenvalue weighted by molar-refractivity contribution is 9.10. The van der Waals surface area contributed by atoms with Gasteiger partial charge in [0, 0.05) is 20.2 Å². The van der Waals surface area contributed by atoms with Crippen molar-refractivity contribution < 1.29 is 9.18 Å². The molecule has 4 aromatic rings. The van der Waals surface area contributed by atoms with Crippen molar-refractivity contribution in [2.75, 3.05) is 5.32 Å². The smallest absolute Gasteiger partial charge is 0.295 e. The van der Waals surface area contributed by atoms with Crippen molar-refractivity contribution >= 4 is 43.5 Å². The second-order valence-corrected chi connectivity index (χ2v) is 8.40. The van der Waals surface area contributed by atoms with Gasteiger partial charge in [-0.1, -0.05) is 44.0 Å². The maximum atomic E-state index is 13.4. The Morgan fingerprint density at radius 3 is 2.30 bits per heavy atom. The first kappa shape index (κ1) is 20.4. The Bertz CT molecular complexity index is 1160. The van der Waals surface area contributed by atoms with Gasteiger partial charge in [0.05, 0.1) is 5.69 Å². The monoisotopic (exact) mass is 528 g/mol. The lowest BCUT2D eigenvalue weighted by Crippen LogP contribution is -2.15. The highest BCUT2D eigenvalue weighted by Crippen LogP contribution is 2.25. The van der Waals surface area contributed by atoms with Gasteiger partial charge in [-0.25, -0.2) is 14.1 Å². The number of hydrogen-bond acceptors (Lipinski definition) is 3. The maximum Gasteiger partial charge on any atom is 0.295 e. The van der Waals surface area contributed by atoms with E-state index in [-0.39, 0.29) is 11.6 Å². The summed E-state index contributed by atoms with van der Waals surface area (Å²) in [5, 5.41) is 7.25. The van der Waals surface area contributed by atoms with E-state index >= 15 is 0 Å². The largest absolute Gasteiger partial charge is 0.319 e. The molecule has 1 aromatic heterocycles. The summed E-state index contributed by atoms with van der Waals surface area (Å²) in [6, 6.07) is 18.9. The third-order valence-electron chi connectivity index (χ3n) is 4.42. The number of carbonyl (C=O) groups excluding carboxylic acids is 1. The molecule has 0 saturated carbocycles. The summed E-state index contributed by atoms with van der Waals surface area (Å²) in [7, 11) is 0. The third-order valence-corrected chi connectivity index (χ3v) is 5.44. The number of amides is 1. The van der Waals surface area contributed by atoms with Crippen LogP contribution in [0, 0.1) is 12.7 Å². The van der Waals surface area contributed by atoms with E-state index < -0.39 is 5.91 Å². The van der Waals surface area contributed by atoms with Crippen LogP contribution in [0.5, 0.6) is 0 Å². The highest BCUT2D eigenvalue weighted by Gasteiger charge is 2.19. The van der Waals surface area contributed by atoms with E-state index in [4.69, 9.17) is 0 Å². The van der Waals surface area contributed by atoms with Gasteiger partial charge < -0.3 is 5.32 Å². The second kappa shape index (κ2) is 8.49. The highest BCUT2D eigenvalue weighted by atomic mass is 79.9. The van der Waals surface area contributed by atoms with E-state index in [1.165, 1.54) is 16.8 Å². The Morgan fingerprint density at radius 2 is 1.63 bits per heavy atom. The maximum absolute atomic E-state index is 13.4. The lowest BCUT2D eigenvalue weighted by Gasteiger charge is -2.06. The van der Waals surface area contributed by atoms with Gasteiger partial charge in [0.25, 0.3) is 5.91 Å². The number of nitrogens with zero attached hydrogens (tertiary/aromatic N) is 3. The van der Waals surface area contributed by atoms with Gasteiger partial charge in [-0.2, -0.15) is 0 Å². The van der Waals surface area contributed by atoms with Crippen molar-refractivity contribution in [1.82, 2.24) is 14.8 Å². The van der Waals surface area contributed by atoms with Crippen LogP contribution in [0.1, 0.15) is 16.2 Å². The normalized spacial score (nSPS) is 10.8. The lowest BCUT2D eigenvalue weighted by atomic mass is 10.2. The summed E-state index contributed by atoms with van der Waals surface area (Å²) in [5.41, 5.74) is 2.95. The average molecular weight is 530 g/mol. The summed E-state index contributed by atoms with van der Waals surface area (Å²) in [6.07, 6.45) is 0. The number of carbonyl (C=O) groups is 1. The number of rotatable bonds is 4. The molecule has 0 atom stereocenters. The van der Waals surface area contributed by atoms with Gasteiger partial charge in [-0.05, 0) is 67.1 Å². The van der Waals surface area contributed by atoms with Crippen LogP contribution in [0.3, 0.4) is 0 Å².